The highest BCUT2D eigenvalue weighted by Crippen LogP contribution is 2.38. The van der Waals surface area contributed by atoms with Crippen LogP contribution in [0.1, 0.15) is 22.5 Å². The van der Waals surface area contributed by atoms with E-state index >= 15 is 0 Å². The van der Waals surface area contributed by atoms with Gasteiger partial charge in [-0.1, -0.05) is 24.3 Å². The molecule has 2 aromatic rings. The molecule has 1 aromatic carbocycles. The molecule has 2 aliphatic rings. The highest BCUT2D eigenvalue weighted by Gasteiger charge is 2.47. The molecule has 2 heterocycles. The molecule has 25 heavy (non-hydrogen) atoms. The van der Waals surface area contributed by atoms with Crippen molar-refractivity contribution in [3.8, 4) is 5.75 Å². The summed E-state index contributed by atoms with van der Waals surface area (Å²) in [6.07, 6.45) is 5.10. The normalized spacial score (nSPS) is 22.2. The van der Waals surface area contributed by atoms with Crippen LogP contribution in [0.3, 0.4) is 0 Å². The van der Waals surface area contributed by atoms with Crippen LogP contribution in [-0.4, -0.2) is 17.8 Å². The summed E-state index contributed by atoms with van der Waals surface area (Å²) in [4.78, 5) is 39.1. The van der Waals surface area contributed by atoms with Crippen molar-refractivity contribution in [3.63, 3.8) is 0 Å². The van der Waals surface area contributed by atoms with E-state index in [0.717, 1.165) is 0 Å². The number of benzene rings is 1. The molecular formula is C19H15NO4S. The molecule has 0 N–H and O–H groups in total. The minimum atomic E-state index is -0.455. The van der Waals surface area contributed by atoms with Crippen molar-refractivity contribution in [1.82, 2.24) is 0 Å². The number of hydrogen-bond donors (Lipinski definition) is 0. The van der Waals surface area contributed by atoms with Crippen molar-refractivity contribution in [2.75, 3.05) is 4.90 Å². The summed E-state index contributed by atoms with van der Waals surface area (Å²) in [6, 6.07) is 10.0. The van der Waals surface area contributed by atoms with Crippen LogP contribution in [-0.2, 0) is 9.59 Å². The molecule has 1 fully saturated rings. The third-order valence-electron chi connectivity index (χ3n) is 4.52. The average molecular weight is 353 g/mol. The fourth-order valence-corrected chi connectivity index (χ4v) is 3.89. The van der Waals surface area contributed by atoms with Gasteiger partial charge in [-0.25, -0.2) is 9.69 Å². The Balaban J connectivity index is 1.58. The van der Waals surface area contributed by atoms with E-state index in [-0.39, 0.29) is 23.7 Å². The van der Waals surface area contributed by atoms with Crippen molar-refractivity contribution in [1.29, 1.82) is 0 Å². The van der Waals surface area contributed by atoms with Gasteiger partial charge in [-0.15, -0.1) is 11.3 Å². The number of imide groups is 1. The minimum absolute atomic E-state index is 0.180. The molecule has 1 aliphatic carbocycles. The van der Waals surface area contributed by atoms with Gasteiger partial charge in [0.2, 0.25) is 11.8 Å². The zero-order chi connectivity index (χ0) is 17.4. The monoisotopic (exact) mass is 353 g/mol. The Labute approximate surface area is 148 Å². The number of hydrogen-bond acceptors (Lipinski definition) is 5. The van der Waals surface area contributed by atoms with E-state index in [0.29, 0.717) is 29.2 Å². The van der Waals surface area contributed by atoms with Crippen molar-refractivity contribution in [3.05, 3.63) is 58.8 Å². The number of rotatable bonds is 3. The van der Waals surface area contributed by atoms with Crippen molar-refractivity contribution >= 4 is 34.8 Å². The molecular weight excluding hydrogens is 338 g/mol. The molecule has 6 heteroatoms. The van der Waals surface area contributed by atoms with Crippen LogP contribution in [0.2, 0.25) is 0 Å². The summed E-state index contributed by atoms with van der Waals surface area (Å²) in [5.74, 6) is -1.07. The number of esters is 1. The molecule has 2 amide bonds. The van der Waals surface area contributed by atoms with Gasteiger partial charge in [0.05, 0.1) is 17.5 Å². The van der Waals surface area contributed by atoms with Crippen LogP contribution in [0.15, 0.2) is 53.9 Å². The first-order valence-electron chi connectivity index (χ1n) is 8.03. The van der Waals surface area contributed by atoms with Crippen LogP contribution in [0.25, 0.3) is 0 Å². The Bertz CT molecular complexity index is 845. The quantitative estimate of drug-likeness (QED) is 0.367. The van der Waals surface area contributed by atoms with E-state index < -0.39 is 5.97 Å². The van der Waals surface area contributed by atoms with Crippen molar-refractivity contribution in [2.45, 2.75) is 12.8 Å². The highest BCUT2D eigenvalue weighted by atomic mass is 32.1. The summed E-state index contributed by atoms with van der Waals surface area (Å²) < 4.78 is 5.36. The standard InChI is InChI=1S/C19H15NO4S/c21-17-14-7-1-2-8-15(14)18(22)20(17)12-5-3-6-13(11-12)24-19(23)16-9-4-10-25-16/h1-6,9-11,14-15H,7-8H2. The summed E-state index contributed by atoms with van der Waals surface area (Å²) in [5.41, 5.74) is 0.445. The van der Waals surface area contributed by atoms with E-state index in [9.17, 15) is 14.4 Å². The number of anilines is 1. The van der Waals surface area contributed by atoms with Gasteiger partial charge in [0.1, 0.15) is 10.6 Å². The maximum absolute atomic E-state index is 12.6. The van der Waals surface area contributed by atoms with Crippen LogP contribution >= 0.6 is 11.3 Å². The number of carbonyl (C=O) groups excluding carboxylic acids is 3. The van der Waals surface area contributed by atoms with E-state index in [1.165, 1.54) is 16.2 Å². The molecule has 0 radical (unpaired) electrons. The van der Waals surface area contributed by atoms with E-state index in [1.54, 1.807) is 41.8 Å². The summed E-state index contributed by atoms with van der Waals surface area (Å²) in [5, 5.41) is 1.80. The summed E-state index contributed by atoms with van der Waals surface area (Å²) in [7, 11) is 0. The SMILES string of the molecule is O=C(Oc1cccc(N2C(=O)C3CC=CCC3C2=O)c1)c1cccs1. The Kier molecular flexibility index (Phi) is 3.97. The lowest BCUT2D eigenvalue weighted by atomic mass is 9.85. The van der Waals surface area contributed by atoms with Gasteiger partial charge >= 0.3 is 5.97 Å². The van der Waals surface area contributed by atoms with Crippen LogP contribution < -0.4 is 9.64 Å². The van der Waals surface area contributed by atoms with E-state index in [1.807, 2.05) is 12.2 Å². The predicted molar refractivity (Wildman–Crippen MR) is 93.6 cm³/mol. The van der Waals surface area contributed by atoms with Gasteiger partial charge in [0.15, 0.2) is 0 Å². The second kappa shape index (κ2) is 6.29. The molecule has 0 bridgehead atoms. The number of amides is 2. The first-order chi connectivity index (χ1) is 12.1. The molecule has 0 saturated carbocycles. The van der Waals surface area contributed by atoms with E-state index in [2.05, 4.69) is 0 Å². The van der Waals surface area contributed by atoms with Crippen LogP contribution in [0, 0.1) is 11.8 Å². The van der Waals surface area contributed by atoms with Gasteiger partial charge in [-0.2, -0.15) is 0 Å². The molecule has 1 aliphatic heterocycles. The molecule has 1 aromatic heterocycles. The number of nitrogens with zero attached hydrogens (tertiary/aromatic N) is 1. The highest BCUT2D eigenvalue weighted by molar-refractivity contribution is 7.12. The molecule has 0 spiro atoms. The molecule has 1 saturated heterocycles. The average Bonchev–Trinajstić information content (AvgIpc) is 3.24. The molecule has 126 valence electrons. The third-order valence-corrected chi connectivity index (χ3v) is 5.37. The van der Waals surface area contributed by atoms with E-state index in [4.69, 9.17) is 4.74 Å². The van der Waals surface area contributed by atoms with Gasteiger partial charge in [-0.3, -0.25) is 9.59 Å². The smallest absolute Gasteiger partial charge is 0.353 e. The fourth-order valence-electron chi connectivity index (χ4n) is 3.29. The number of allylic oxidation sites excluding steroid dienone is 2. The summed E-state index contributed by atoms with van der Waals surface area (Å²) >= 11 is 1.29. The zero-order valence-electron chi connectivity index (χ0n) is 13.3. The maximum Gasteiger partial charge on any atom is 0.353 e. The zero-order valence-corrected chi connectivity index (χ0v) is 14.1. The second-order valence-electron chi connectivity index (χ2n) is 6.03. The Morgan fingerprint density at radius 2 is 1.76 bits per heavy atom. The molecule has 4 rings (SSSR count). The first kappa shape index (κ1) is 15.8. The largest absolute Gasteiger partial charge is 0.422 e. The molecule has 2 unspecified atom stereocenters. The van der Waals surface area contributed by atoms with Gasteiger partial charge in [0, 0.05) is 6.07 Å². The number of carbonyl (C=O) groups is 3. The minimum Gasteiger partial charge on any atom is -0.422 e. The predicted octanol–water partition coefficient (Wildman–Crippen LogP) is 3.42. The van der Waals surface area contributed by atoms with Gasteiger partial charge in [0.25, 0.3) is 0 Å². The molecule has 5 nitrogen and oxygen atoms in total. The summed E-state index contributed by atoms with van der Waals surface area (Å²) in [6.45, 7) is 0. The van der Waals surface area contributed by atoms with Crippen LogP contribution in [0.4, 0.5) is 5.69 Å². The van der Waals surface area contributed by atoms with Crippen molar-refractivity contribution in [2.24, 2.45) is 11.8 Å². The van der Waals surface area contributed by atoms with Crippen LogP contribution in [0.5, 0.6) is 5.75 Å². The first-order valence-corrected chi connectivity index (χ1v) is 8.91. The topological polar surface area (TPSA) is 63.7 Å². The Morgan fingerprint density at radius 1 is 1.04 bits per heavy atom. The number of fused-ring (bicyclic) bond motifs is 1. The maximum atomic E-state index is 12.6. The van der Waals surface area contributed by atoms with Gasteiger partial charge in [-0.05, 0) is 36.4 Å². The van der Waals surface area contributed by atoms with Gasteiger partial charge < -0.3 is 4.74 Å². The number of thiophene rings is 1. The lowest BCUT2D eigenvalue weighted by Crippen LogP contribution is -2.30. The lowest BCUT2D eigenvalue weighted by molar-refractivity contribution is -0.122. The lowest BCUT2D eigenvalue weighted by Gasteiger charge is -2.15. The Morgan fingerprint density at radius 3 is 2.40 bits per heavy atom. The Hall–Kier alpha value is -2.73. The second-order valence-corrected chi connectivity index (χ2v) is 6.98. The fraction of sp³-hybridized carbons (Fsp3) is 0.211. The molecule has 2 atom stereocenters. The third kappa shape index (κ3) is 2.78. The van der Waals surface area contributed by atoms with Crippen molar-refractivity contribution < 1.29 is 19.1 Å². The number of ether oxygens (including phenoxy) is 1.